The van der Waals surface area contributed by atoms with Gasteiger partial charge in [-0.2, -0.15) is 0 Å². The number of H-pyrrole nitrogens is 1. The molecule has 2 rings (SSSR count). The van der Waals surface area contributed by atoms with Crippen molar-refractivity contribution in [2.24, 2.45) is 0 Å². The zero-order valence-corrected chi connectivity index (χ0v) is 6.42. The molecule has 0 saturated carbocycles. The second-order valence-corrected chi connectivity index (χ2v) is 2.59. The maximum Gasteiger partial charge on any atom is 0.123 e. The second-order valence-electron chi connectivity index (χ2n) is 2.59. The van der Waals surface area contributed by atoms with Crippen molar-refractivity contribution < 1.29 is 4.39 Å². The molecule has 2 heteroatoms. The highest BCUT2D eigenvalue weighted by atomic mass is 19.1. The Labute approximate surface area is 69.9 Å². The number of hydrogen-bond acceptors (Lipinski definition) is 0. The van der Waals surface area contributed by atoms with Gasteiger partial charge in [-0.05, 0) is 42.0 Å². The molecule has 1 nitrogen and oxygen atoms in total. The van der Waals surface area contributed by atoms with E-state index < -0.39 is 0 Å². The summed E-state index contributed by atoms with van der Waals surface area (Å²) in [5, 5.41) is 0. The molecule has 0 unspecified atom stereocenters. The van der Waals surface area contributed by atoms with Crippen LogP contribution in [-0.2, 0) is 0 Å². The Morgan fingerprint density at radius 2 is 1.75 bits per heavy atom. The summed E-state index contributed by atoms with van der Waals surface area (Å²) < 4.78 is 12.5. The lowest BCUT2D eigenvalue weighted by atomic mass is 10.1. The van der Waals surface area contributed by atoms with Crippen LogP contribution in [0, 0.1) is 5.82 Å². The molecule has 0 saturated heterocycles. The number of aromatic nitrogens is 1. The second kappa shape index (κ2) is 2.81. The van der Waals surface area contributed by atoms with E-state index in [9.17, 15) is 4.39 Å². The summed E-state index contributed by atoms with van der Waals surface area (Å²) >= 11 is 0. The summed E-state index contributed by atoms with van der Waals surface area (Å²) in [6.45, 7) is 0. The van der Waals surface area contributed by atoms with E-state index in [4.69, 9.17) is 0 Å². The zero-order chi connectivity index (χ0) is 8.39. The van der Waals surface area contributed by atoms with Crippen molar-refractivity contribution in [3.8, 4) is 11.3 Å². The molecule has 60 valence electrons. The van der Waals surface area contributed by atoms with Gasteiger partial charge >= 0.3 is 0 Å². The van der Waals surface area contributed by atoms with Crippen LogP contribution in [0.3, 0.4) is 0 Å². The van der Waals surface area contributed by atoms with Crippen molar-refractivity contribution in [2.45, 2.75) is 0 Å². The molecule has 0 spiro atoms. The molecule has 0 aliphatic heterocycles. The first-order valence-corrected chi connectivity index (χ1v) is 3.75. The average Bonchev–Trinajstić information content (AvgIpc) is 2.58. The third kappa shape index (κ3) is 1.23. The minimum Gasteiger partial charge on any atom is -0.361 e. The van der Waals surface area contributed by atoms with Crippen LogP contribution in [0.25, 0.3) is 11.3 Å². The van der Waals surface area contributed by atoms with Crippen molar-refractivity contribution in [3.05, 3.63) is 48.4 Å². The van der Waals surface area contributed by atoms with Crippen molar-refractivity contribution in [2.75, 3.05) is 0 Å². The lowest BCUT2D eigenvalue weighted by molar-refractivity contribution is 0.628. The number of rotatable bonds is 1. The van der Waals surface area contributed by atoms with E-state index in [2.05, 4.69) is 4.98 Å². The Bertz CT molecular complexity index is 348. The van der Waals surface area contributed by atoms with Gasteiger partial charge in [-0.15, -0.1) is 0 Å². The fraction of sp³-hybridized carbons (Fsp3) is 0. The van der Waals surface area contributed by atoms with Crippen molar-refractivity contribution in [1.29, 1.82) is 0 Å². The van der Waals surface area contributed by atoms with Crippen LogP contribution in [0.1, 0.15) is 0 Å². The molecule has 0 amide bonds. The van der Waals surface area contributed by atoms with Gasteiger partial charge < -0.3 is 4.98 Å². The van der Waals surface area contributed by atoms with E-state index >= 15 is 0 Å². The number of aromatic amines is 1. The standard InChI is InChI=1S/C10H8FN/c11-9-5-3-8(4-6-9)10-2-1-7-12-10/h1-7,12H. The zero-order valence-electron chi connectivity index (χ0n) is 6.42. The Kier molecular flexibility index (Phi) is 1.67. The van der Waals surface area contributed by atoms with Crippen LogP contribution in [-0.4, -0.2) is 4.98 Å². The number of benzene rings is 1. The van der Waals surface area contributed by atoms with Crippen LogP contribution < -0.4 is 0 Å². The van der Waals surface area contributed by atoms with Crippen LogP contribution in [0.2, 0.25) is 0 Å². The van der Waals surface area contributed by atoms with E-state index in [0.29, 0.717) is 0 Å². The highest BCUT2D eigenvalue weighted by Gasteiger charge is 1.96. The van der Waals surface area contributed by atoms with E-state index in [0.717, 1.165) is 11.3 Å². The fourth-order valence-corrected chi connectivity index (χ4v) is 1.14. The first kappa shape index (κ1) is 7.10. The molecule has 1 aromatic heterocycles. The van der Waals surface area contributed by atoms with Gasteiger partial charge in [0.15, 0.2) is 0 Å². The molecule has 0 radical (unpaired) electrons. The van der Waals surface area contributed by atoms with Crippen molar-refractivity contribution in [1.82, 2.24) is 4.98 Å². The lowest BCUT2D eigenvalue weighted by Gasteiger charge is -1.95. The predicted molar refractivity (Wildman–Crippen MR) is 46.2 cm³/mol. The van der Waals surface area contributed by atoms with Crippen LogP contribution >= 0.6 is 0 Å². The molecule has 2 aromatic rings. The largest absolute Gasteiger partial charge is 0.361 e. The first-order valence-electron chi connectivity index (χ1n) is 3.75. The van der Waals surface area contributed by atoms with E-state index in [1.807, 2.05) is 18.3 Å². The summed E-state index contributed by atoms with van der Waals surface area (Å²) in [5.41, 5.74) is 2.01. The summed E-state index contributed by atoms with van der Waals surface area (Å²) in [6, 6.07) is 10.3. The molecular weight excluding hydrogens is 153 g/mol. The van der Waals surface area contributed by atoms with Gasteiger partial charge in [0.1, 0.15) is 5.82 Å². The highest BCUT2D eigenvalue weighted by molar-refractivity contribution is 5.58. The minimum absolute atomic E-state index is 0.203. The Morgan fingerprint density at radius 3 is 2.33 bits per heavy atom. The fourth-order valence-electron chi connectivity index (χ4n) is 1.14. The summed E-state index contributed by atoms with van der Waals surface area (Å²) in [5.74, 6) is -0.203. The Morgan fingerprint density at radius 1 is 1.00 bits per heavy atom. The summed E-state index contributed by atoms with van der Waals surface area (Å²) in [6.07, 6.45) is 1.85. The maximum atomic E-state index is 12.5. The first-order chi connectivity index (χ1) is 5.86. The monoisotopic (exact) mass is 161 g/mol. The summed E-state index contributed by atoms with van der Waals surface area (Å²) in [7, 11) is 0. The van der Waals surface area contributed by atoms with Crippen molar-refractivity contribution in [3.63, 3.8) is 0 Å². The Balaban J connectivity index is 2.43. The number of halogens is 1. The third-order valence-corrected chi connectivity index (χ3v) is 1.75. The van der Waals surface area contributed by atoms with Gasteiger partial charge in [-0.1, -0.05) is 0 Å². The maximum absolute atomic E-state index is 12.5. The van der Waals surface area contributed by atoms with E-state index in [-0.39, 0.29) is 5.82 Å². The molecule has 0 aliphatic carbocycles. The van der Waals surface area contributed by atoms with Gasteiger partial charge in [-0.3, -0.25) is 0 Å². The molecule has 1 aromatic carbocycles. The van der Waals surface area contributed by atoms with Crippen molar-refractivity contribution >= 4 is 0 Å². The molecule has 0 atom stereocenters. The topological polar surface area (TPSA) is 15.8 Å². The molecule has 0 bridgehead atoms. The molecule has 0 aliphatic rings. The summed E-state index contributed by atoms with van der Waals surface area (Å²) in [4.78, 5) is 3.05. The third-order valence-electron chi connectivity index (χ3n) is 1.75. The van der Waals surface area contributed by atoms with Gasteiger partial charge in [0, 0.05) is 11.9 Å². The minimum atomic E-state index is -0.203. The van der Waals surface area contributed by atoms with Crippen LogP contribution in [0.4, 0.5) is 4.39 Å². The lowest BCUT2D eigenvalue weighted by Crippen LogP contribution is -1.77. The van der Waals surface area contributed by atoms with Gasteiger partial charge in [0.05, 0.1) is 0 Å². The number of hydrogen-bond donors (Lipinski definition) is 1. The average molecular weight is 161 g/mol. The number of nitrogens with one attached hydrogen (secondary N) is 1. The smallest absolute Gasteiger partial charge is 0.123 e. The van der Waals surface area contributed by atoms with Gasteiger partial charge in [0.25, 0.3) is 0 Å². The molecule has 0 fully saturated rings. The predicted octanol–water partition coefficient (Wildman–Crippen LogP) is 2.82. The van der Waals surface area contributed by atoms with Gasteiger partial charge in [-0.25, -0.2) is 4.39 Å². The highest BCUT2D eigenvalue weighted by Crippen LogP contribution is 2.16. The quantitative estimate of drug-likeness (QED) is 0.662. The molecule has 1 heterocycles. The van der Waals surface area contributed by atoms with Crippen LogP contribution in [0.15, 0.2) is 42.6 Å². The SMILES string of the molecule is Fc1ccc(-c2ccc[nH]2)cc1. The van der Waals surface area contributed by atoms with Crippen LogP contribution in [0.5, 0.6) is 0 Å². The normalized spacial score (nSPS) is 10.1. The van der Waals surface area contributed by atoms with E-state index in [1.165, 1.54) is 12.1 Å². The molecule has 12 heavy (non-hydrogen) atoms. The molecule has 1 N–H and O–H groups in total. The Hall–Kier alpha value is -1.57. The van der Waals surface area contributed by atoms with Gasteiger partial charge in [0.2, 0.25) is 0 Å². The molecular formula is C10H8FN. The van der Waals surface area contributed by atoms with E-state index in [1.54, 1.807) is 12.1 Å².